The molecule has 0 aromatic rings. The topological polar surface area (TPSA) is 55.6 Å². The first-order chi connectivity index (χ1) is 8.65. The van der Waals surface area contributed by atoms with Gasteiger partial charge in [-0.3, -0.25) is 4.79 Å². The first kappa shape index (κ1) is 13.8. The predicted molar refractivity (Wildman–Crippen MR) is 71.2 cm³/mol. The molecule has 2 fully saturated rings. The summed E-state index contributed by atoms with van der Waals surface area (Å²) in [7, 11) is 0. The third-order valence-corrected chi connectivity index (χ3v) is 4.25. The van der Waals surface area contributed by atoms with Crippen LogP contribution in [0.2, 0.25) is 0 Å². The average Bonchev–Trinajstić information content (AvgIpc) is 2.38. The SMILES string of the molecule is CC1CN(C(=O)CCC2CCC(N)CC2)CCO1. The van der Waals surface area contributed by atoms with E-state index in [1.165, 1.54) is 12.8 Å². The normalized spacial score (nSPS) is 33.4. The van der Waals surface area contributed by atoms with Gasteiger partial charge in [0.2, 0.25) is 5.91 Å². The number of morpholine rings is 1. The lowest BCUT2D eigenvalue weighted by Crippen LogP contribution is -2.44. The quantitative estimate of drug-likeness (QED) is 0.831. The van der Waals surface area contributed by atoms with Gasteiger partial charge in [0.1, 0.15) is 0 Å². The summed E-state index contributed by atoms with van der Waals surface area (Å²) in [6.07, 6.45) is 6.60. The highest BCUT2D eigenvalue weighted by atomic mass is 16.5. The van der Waals surface area contributed by atoms with Gasteiger partial charge in [-0.05, 0) is 44.9 Å². The van der Waals surface area contributed by atoms with Crippen LogP contribution in [0.25, 0.3) is 0 Å². The summed E-state index contributed by atoms with van der Waals surface area (Å²) in [6.45, 7) is 4.24. The summed E-state index contributed by atoms with van der Waals surface area (Å²) in [5, 5.41) is 0. The van der Waals surface area contributed by atoms with Crippen LogP contribution in [-0.2, 0) is 9.53 Å². The molecule has 1 atom stereocenters. The molecule has 1 saturated carbocycles. The molecule has 4 nitrogen and oxygen atoms in total. The number of rotatable bonds is 3. The van der Waals surface area contributed by atoms with Crippen molar-refractivity contribution in [1.82, 2.24) is 4.90 Å². The molecule has 1 unspecified atom stereocenters. The van der Waals surface area contributed by atoms with Crippen molar-refractivity contribution in [2.24, 2.45) is 11.7 Å². The van der Waals surface area contributed by atoms with Gasteiger partial charge in [0.25, 0.3) is 0 Å². The van der Waals surface area contributed by atoms with Crippen molar-refractivity contribution < 1.29 is 9.53 Å². The Bertz CT molecular complexity index is 275. The molecule has 0 spiro atoms. The Hall–Kier alpha value is -0.610. The minimum atomic E-state index is 0.190. The van der Waals surface area contributed by atoms with E-state index in [4.69, 9.17) is 10.5 Å². The van der Waals surface area contributed by atoms with Gasteiger partial charge in [-0.15, -0.1) is 0 Å². The number of hydrogen-bond donors (Lipinski definition) is 1. The highest BCUT2D eigenvalue weighted by Crippen LogP contribution is 2.27. The van der Waals surface area contributed by atoms with Crippen LogP contribution < -0.4 is 5.73 Å². The van der Waals surface area contributed by atoms with Crippen molar-refractivity contribution in [3.8, 4) is 0 Å². The molecular weight excluding hydrogens is 228 g/mol. The molecular formula is C14H26N2O2. The van der Waals surface area contributed by atoms with Crippen LogP contribution in [0.3, 0.4) is 0 Å². The molecule has 1 saturated heterocycles. The third kappa shape index (κ3) is 3.95. The van der Waals surface area contributed by atoms with Crippen LogP contribution in [0.5, 0.6) is 0 Å². The number of hydrogen-bond acceptors (Lipinski definition) is 3. The highest BCUT2D eigenvalue weighted by Gasteiger charge is 2.23. The van der Waals surface area contributed by atoms with E-state index in [-0.39, 0.29) is 6.10 Å². The van der Waals surface area contributed by atoms with Gasteiger partial charge in [0.15, 0.2) is 0 Å². The smallest absolute Gasteiger partial charge is 0.222 e. The zero-order valence-electron chi connectivity index (χ0n) is 11.4. The molecule has 2 N–H and O–H groups in total. The van der Waals surface area contributed by atoms with Crippen molar-refractivity contribution in [2.75, 3.05) is 19.7 Å². The van der Waals surface area contributed by atoms with Crippen LogP contribution >= 0.6 is 0 Å². The molecule has 1 aliphatic heterocycles. The summed E-state index contributed by atoms with van der Waals surface area (Å²) < 4.78 is 5.46. The average molecular weight is 254 g/mol. The first-order valence-electron chi connectivity index (χ1n) is 7.30. The number of ether oxygens (including phenoxy) is 1. The van der Waals surface area contributed by atoms with Gasteiger partial charge in [-0.25, -0.2) is 0 Å². The van der Waals surface area contributed by atoms with E-state index < -0.39 is 0 Å². The molecule has 18 heavy (non-hydrogen) atoms. The Morgan fingerprint density at radius 2 is 2.06 bits per heavy atom. The van der Waals surface area contributed by atoms with Gasteiger partial charge >= 0.3 is 0 Å². The standard InChI is InChI=1S/C14H26N2O2/c1-11-10-16(8-9-18-11)14(17)7-4-12-2-5-13(15)6-3-12/h11-13H,2-10,15H2,1H3. The maximum atomic E-state index is 12.1. The Morgan fingerprint density at radius 3 is 2.72 bits per heavy atom. The molecule has 0 aromatic carbocycles. The van der Waals surface area contributed by atoms with Gasteiger partial charge < -0.3 is 15.4 Å². The second-order valence-electron chi connectivity index (χ2n) is 5.84. The number of nitrogens with zero attached hydrogens (tertiary/aromatic N) is 1. The third-order valence-electron chi connectivity index (χ3n) is 4.25. The summed E-state index contributed by atoms with van der Waals surface area (Å²) in [6, 6.07) is 0.400. The molecule has 0 bridgehead atoms. The minimum absolute atomic E-state index is 0.190. The molecule has 1 heterocycles. The second kappa shape index (κ2) is 6.53. The van der Waals surface area contributed by atoms with Crippen LogP contribution in [0.4, 0.5) is 0 Å². The summed E-state index contributed by atoms with van der Waals surface area (Å²) >= 11 is 0. The van der Waals surface area contributed by atoms with Gasteiger partial charge in [0.05, 0.1) is 12.7 Å². The Balaban J connectivity index is 1.68. The molecule has 104 valence electrons. The highest BCUT2D eigenvalue weighted by molar-refractivity contribution is 5.76. The lowest BCUT2D eigenvalue weighted by atomic mass is 9.83. The molecule has 2 aliphatic rings. The predicted octanol–water partition coefficient (Wildman–Crippen LogP) is 1.53. The molecule has 0 aromatic heterocycles. The lowest BCUT2D eigenvalue weighted by Gasteiger charge is -2.32. The van der Waals surface area contributed by atoms with E-state index in [2.05, 4.69) is 0 Å². The van der Waals surface area contributed by atoms with Crippen molar-refractivity contribution >= 4 is 5.91 Å². The summed E-state index contributed by atoms with van der Waals surface area (Å²) in [5.41, 5.74) is 5.90. The fourth-order valence-corrected chi connectivity index (χ4v) is 3.01. The van der Waals surface area contributed by atoms with Gasteiger partial charge in [-0.2, -0.15) is 0 Å². The van der Waals surface area contributed by atoms with Crippen LogP contribution in [0, 0.1) is 5.92 Å². The van der Waals surface area contributed by atoms with Crippen LogP contribution in [-0.4, -0.2) is 42.6 Å². The fraction of sp³-hybridized carbons (Fsp3) is 0.929. The minimum Gasteiger partial charge on any atom is -0.375 e. The van der Waals surface area contributed by atoms with Crippen molar-refractivity contribution in [2.45, 2.75) is 57.6 Å². The number of carbonyl (C=O) groups excluding carboxylic acids is 1. The van der Waals surface area contributed by atoms with Crippen molar-refractivity contribution in [3.63, 3.8) is 0 Å². The maximum absolute atomic E-state index is 12.1. The van der Waals surface area contributed by atoms with E-state index in [0.717, 1.165) is 32.4 Å². The van der Waals surface area contributed by atoms with E-state index >= 15 is 0 Å². The molecule has 1 amide bonds. The van der Waals surface area contributed by atoms with E-state index in [0.29, 0.717) is 30.9 Å². The van der Waals surface area contributed by atoms with E-state index in [1.807, 2.05) is 11.8 Å². The molecule has 1 aliphatic carbocycles. The first-order valence-corrected chi connectivity index (χ1v) is 7.30. The maximum Gasteiger partial charge on any atom is 0.222 e. The van der Waals surface area contributed by atoms with Crippen LogP contribution in [0.1, 0.15) is 45.4 Å². The van der Waals surface area contributed by atoms with Crippen LogP contribution in [0.15, 0.2) is 0 Å². The zero-order chi connectivity index (χ0) is 13.0. The summed E-state index contributed by atoms with van der Waals surface area (Å²) in [4.78, 5) is 14.1. The second-order valence-corrected chi connectivity index (χ2v) is 5.84. The Morgan fingerprint density at radius 1 is 1.33 bits per heavy atom. The monoisotopic (exact) mass is 254 g/mol. The zero-order valence-corrected chi connectivity index (χ0v) is 11.4. The van der Waals surface area contributed by atoms with Crippen molar-refractivity contribution in [3.05, 3.63) is 0 Å². The molecule has 4 heteroatoms. The van der Waals surface area contributed by atoms with Gasteiger partial charge in [0, 0.05) is 25.6 Å². The molecule has 2 rings (SSSR count). The Kier molecular flexibility index (Phi) is 5.01. The fourth-order valence-electron chi connectivity index (χ4n) is 3.01. The lowest BCUT2D eigenvalue weighted by molar-refractivity contribution is -0.138. The van der Waals surface area contributed by atoms with E-state index in [9.17, 15) is 4.79 Å². The largest absolute Gasteiger partial charge is 0.375 e. The number of nitrogens with two attached hydrogens (primary N) is 1. The van der Waals surface area contributed by atoms with Gasteiger partial charge in [-0.1, -0.05) is 0 Å². The van der Waals surface area contributed by atoms with E-state index in [1.54, 1.807) is 0 Å². The summed E-state index contributed by atoms with van der Waals surface area (Å²) in [5.74, 6) is 1.02. The molecule has 0 radical (unpaired) electrons. The number of carbonyl (C=O) groups is 1. The number of amides is 1. The Labute approximate surface area is 110 Å². The van der Waals surface area contributed by atoms with Crippen molar-refractivity contribution in [1.29, 1.82) is 0 Å².